The number of nitrogens with one attached hydrogen (secondary N) is 1. The van der Waals surface area contributed by atoms with Gasteiger partial charge in [0.15, 0.2) is 11.2 Å². The molecule has 1 heterocycles. The van der Waals surface area contributed by atoms with Gasteiger partial charge in [0.1, 0.15) is 6.33 Å². The van der Waals surface area contributed by atoms with Gasteiger partial charge in [-0.2, -0.15) is 0 Å². The Hall–Kier alpha value is -2.87. The number of thioether (sulfide) groups is 1. The molecule has 0 spiro atoms. The van der Waals surface area contributed by atoms with E-state index in [4.69, 9.17) is 0 Å². The molecule has 0 aliphatic rings. The lowest BCUT2D eigenvalue weighted by atomic mass is 10.0. The third-order valence-electron chi connectivity index (χ3n) is 4.09. The number of carbonyl (C=O) groups excluding carboxylic acids is 1. The molecule has 2 N–H and O–H groups in total. The van der Waals surface area contributed by atoms with Gasteiger partial charge < -0.3 is 15.0 Å². The van der Waals surface area contributed by atoms with E-state index in [-0.39, 0.29) is 17.7 Å². The number of carboxylic acids is 1. The van der Waals surface area contributed by atoms with Gasteiger partial charge in [0.05, 0.1) is 5.75 Å². The molecule has 0 radical (unpaired) electrons. The Balaban J connectivity index is 1.70. The van der Waals surface area contributed by atoms with E-state index in [1.54, 1.807) is 18.5 Å². The molecule has 0 aliphatic carbocycles. The van der Waals surface area contributed by atoms with Crippen molar-refractivity contribution in [3.05, 3.63) is 54.4 Å². The molecule has 0 fully saturated rings. The average molecular weight is 384 g/mol. The second-order valence-electron chi connectivity index (χ2n) is 6.35. The number of benzene rings is 2. The van der Waals surface area contributed by atoms with Crippen molar-refractivity contribution >= 4 is 34.4 Å². The van der Waals surface area contributed by atoms with Gasteiger partial charge in [-0.15, -0.1) is 10.2 Å². The van der Waals surface area contributed by atoms with Crippen LogP contribution in [-0.2, 0) is 9.59 Å². The van der Waals surface area contributed by atoms with Crippen LogP contribution < -0.4 is 5.32 Å². The zero-order valence-electron chi connectivity index (χ0n) is 15.0. The number of carboxylic acid groups (broad SMARTS) is 1. The highest BCUT2D eigenvalue weighted by atomic mass is 32.2. The number of carbonyl (C=O) groups is 2. The number of hydrogen-bond donors (Lipinski definition) is 2. The van der Waals surface area contributed by atoms with Crippen LogP contribution in [0.4, 0.5) is 0 Å². The summed E-state index contributed by atoms with van der Waals surface area (Å²) in [6, 6.07) is 12.1. The number of aromatic nitrogens is 3. The molecule has 3 rings (SSSR count). The minimum atomic E-state index is -1.11. The fraction of sp³-hybridized carbons (Fsp3) is 0.263. The smallest absolute Gasteiger partial charge is 0.330 e. The standard InChI is InChI=1S/C19H20N4O3S/c1-12(2)23-11-20-22-19(23)27-10-16(24)21-17(18(25)26)15-8-7-13-5-3-4-6-14(13)9-15/h3-9,11-12,17H,10H2,1-2H3,(H,21,24)(H,25,26). The van der Waals surface area contributed by atoms with Gasteiger partial charge in [-0.1, -0.05) is 48.2 Å². The summed E-state index contributed by atoms with van der Waals surface area (Å²) in [5, 5.41) is 22.6. The molecule has 0 aliphatic heterocycles. The lowest BCUT2D eigenvalue weighted by Gasteiger charge is -2.16. The van der Waals surface area contributed by atoms with Crippen molar-refractivity contribution in [3.63, 3.8) is 0 Å². The zero-order valence-corrected chi connectivity index (χ0v) is 15.8. The van der Waals surface area contributed by atoms with E-state index in [0.29, 0.717) is 10.7 Å². The maximum atomic E-state index is 12.3. The Morgan fingerprint density at radius 3 is 2.63 bits per heavy atom. The highest BCUT2D eigenvalue weighted by Crippen LogP contribution is 2.22. The molecule has 8 heteroatoms. The van der Waals surface area contributed by atoms with Crippen molar-refractivity contribution < 1.29 is 14.7 Å². The highest BCUT2D eigenvalue weighted by Gasteiger charge is 2.23. The van der Waals surface area contributed by atoms with Gasteiger partial charge >= 0.3 is 5.97 Å². The molecule has 0 saturated heterocycles. The molecular formula is C19H20N4O3S. The Morgan fingerprint density at radius 1 is 1.19 bits per heavy atom. The van der Waals surface area contributed by atoms with Gasteiger partial charge in [-0.05, 0) is 36.2 Å². The largest absolute Gasteiger partial charge is 0.479 e. The van der Waals surface area contributed by atoms with Crippen molar-refractivity contribution in [2.45, 2.75) is 31.1 Å². The third-order valence-corrected chi connectivity index (χ3v) is 5.05. The summed E-state index contributed by atoms with van der Waals surface area (Å²) in [7, 11) is 0. The normalized spacial score (nSPS) is 12.3. The van der Waals surface area contributed by atoms with Crippen molar-refractivity contribution in [1.82, 2.24) is 20.1 Å². The van der Waals surface area contributed by atoms with Crippen LogP contribution in [-0.4, -0.2) is 37.5 Å². The van der Waals surface area contributed by atoms with Crippen LogP contribution in [0, 0.1) is 0 Å². The first-order chi connectivity index (χ1) is 13.0. The second kappa shape index (κ2) is 8.22. The lowest BCUT2D eigenvalue weighted by molar-refractivity contribution is -0.141. The minimum absolute atomic E-state index is 0.0583. The molecule has 7 nitrogen and oxygen atoms in total. The Morgan fingerprint density at radius 2 is 1.93 bits per heavy atom. The number of nitrogens with zero attached hydrogens (tertiary/aromatic N) is 3. The molecule has 1 aromatic heterocycles. The molecule has 2 aromatic carbocycles. The van der Waals surface area contributed by atoms with Crippen LogP contribution in [0.3, 0.4) is 0 Å². The summed E-state index contributed by atoms with van der Waals surface area (Å²) >= 11 is 1.23. The Kier molecular flexibility index (Phi) is 5.75. The first kappa shape index (κ1) is 18.9. The Labute approximate surface area is 160 Å². The van der Waals surface area contributed by atoms with Crippen molar-refractivity contribution in [2.24, 2.45) is 0 Å². The maximum absolute atomic E-state index is 12.3. The van der Waals surface area contributed by atoms with Crippen LogP contribution in [0.1, 0.15) is 31.5 Å². The van der Waals surface area contributed by atoms with E-state index in [9.17, 15) is 14.7 Å². The van der Waals surface area contributed by atoms with Crippen LogP contribution in [0.5, 0.6) is 0 Å². The predicted octanol–water partition coefficient (Wildman–Crippen LogP) is 3.05. The van der Waals surface area contributed by atoms with Gasteiger partial charge in [-0.3, -0.25) is 4.79 Å². The van der Waals surface area contributed by atoms with Crippen molar-refractivity contribution in [3.8, 4) is 0 Å². The van der Waals surface area contributed by atoms with Gasteiger partial charge in [0.2, 0.25) is 5.91 Å². The number of hydrogen-bond acceptors (Lipinski definition) is 5. The topological polar surface area (TPSA) is 97.1 Å². The van der Waals surface area contributed by atoms with E-state index >= 15 is 0 Å². The van der Waals surface area contributed by atoms with Crippen LogP contribution in [0.2, 0.25) is 0 Å². The minimum Gasteiger partial charge on any atom is -0.479 e. The molecule has 0 saturated carbocycles. The molecule has 3 aromatic rings. The second-order valence-corrected chi connectivity index (χ2v) is 7.29. The fourth-order valence-electron chi connectivity index (χ4n) is 2.70. The lowest BCUT2D eigenvalue weighted by Crippen LogP contribution is -2.34. The van der Waals surface area contributed by atoms with Gasteiger partial charge in [0, 0.05) is 6.04 Å². The van der Waals surface area contributed by atoms with E-state index in [2.05, 4.69) is 15.5 Å². The maximum Gasteiger partial charge on any atom is 0.330 e. The molecule has 1 unspecified atom stereocenters. The van der Waals surface area contributed by atoms with Crippen LogP contribution in [0.15, 0.2) is 53.9 Å². The molecule has 27 heavy (non-hydrogen) atoms. The van der Waals surface area contributed by atoms with Crippen LogP contribution >= 0.6 is 11.8 Å². The molecule has 0 bridgehead atoms. The van der Waals surface area contributed by atoms with Crippen molar-refractivity contribution in [1.29, 1.82) is 0 Å². The summed E-state index contributed by atoms with van der Waals surface area (Å²) in [5.41, 5.74) is 0.532. The summed E-state index contributed by atoms with van der Waals surface area (Å²) in [6.45, 7) is 3.99. The van der Waals surface area contributed by atoms with E-state index in [1.165, 1.54) is 11.8 Å². The van der Waals surface area contributed by atoms with Gasteiger partial charge in [0.25, 0.3) is 0 Å². The van der Waals surface area contributed by atoms with Gasteiger partial charge in [-0.25, -0.2) is 4.79 Å². The quantitative estimate of drug-likeness (QED) is 0.608. The number of amides is 1. The van der Waals surface area contributed by atoms with E-state index in [0.717, 1.165) is 10.8 Å². The van der Waals surface area contributed by atoms with Crippen LogP contribution in [0.25, 0.3) is 10.8 Å². The molecule has 1 amide bonds. The van der Waals surface area contributed by atoms with E-state index in [1.807, 2.05) is 48.7 Å². The third kappa shape index (κ3) is 4.46. The summed E-state index contributed by atoms with van der Waals surface area (Å²) in [6.07, 6.45) is 1.61. The Bertz CT molecular complexity index is 970. The number of fused-ring (bicyclic) bond motifs is 1. The summed E-state index contributed by atoms with van der Waals surface area (Å²) < 4.78 is 1.86. The first-order valence-electron chi connectivity index (χ1n) is 8.49. The number of aliphatic carboxylic acids is 1. The molecular weight excluding hydrogens is 364 g/mol. The monoisotopic (exact) mass is 384 g/mol. The summed E-state index contributed by atoms with van der Waals surface area (Å²) in [5.74, 6) is -1.42. The molecule has 1 atom stereocenters. The molecule has 140 valence electrons. The van der Waals surface area contributed by atoms with E-state index < -0.39 is 12.0 Å². The fourth-order valence-corrected chi connectivity index (χ4v) is 3.55. The van der Waals surface area contributed by atoms with Crippen molar-refractivity contribution in [2.75, 3.05) is 5.75 Å². The predicted molar refractivity (Wildman–Crippen MR) is 104 cm³/mol. The SMILES string of the molecule is CC(C)n1cnnc1SCC(=O)NC(C(=O)O)c1ccc2ccccc2c1. The average Bonchev–Trinajstić information content (AvgIpc) is 3.13. The first-order valence-corrected chi connectivity index (χ1v) is 9.47. The zero-order chi connectivity index (χ0) is 19.4. The summed E-state index contributed by atoms with van der Waals surface area (Å²) in [4.78, 5) is 24.0. The number of rotatable bonds is 7. The highest BCUT2D eigenvalue weighted by molar-refractivity contribution is 7.99.